The van der Waals surface area contributed by atoms with Crippen LogP contribution in [0.25, 0.3) is 0 Å². The minimum absolute atomic E-state index is 0.0268. The van der Waals surface area contributed by atoms with E-state index in [0.717, 1.165) is 4.57 Å². The molecule has 1 aromatic heterocycles. The molecule has 2 heterocycles. The van der Waals surface area contributed by atoms with Gasteiger partial charge in [0.15, 0.2) is 6.23 Å². The quantitative estimate of drug-likeness (QED) is 0.828. The van der Waals surface area contributed by atoms with Crippen molar-refractivity contribution in [1.29, 1.82) is 0 Å². The Hall–Kier alpha value is -2.55. The summed E-state index contributed by atoms with van der Waals surface area (Å²) in [4.78, 5) is 28.5. The molecule has 0 unspecified atom stereocenters. The van der Waals surface area contributed by atoms with Crippen molar-refractivity contribution in [3.63, 3.8) is 0 Å². The molecule has 0 spiro atoms. The van der Waals surface area contributed by atoms with Crippen LogP contribution >= 0.6 is 0 Å². The first-order valence-corrected chi connectivity index (χ1v) is 8.16. The van der Waals surface area contributed by atoms with Crippen LogP contribution in [0.5, 0.6) is 0 Å². The van der Waals surface area contributed by atoms with Crippen LogP contribution in [0.1, 0.15) is 34.0 Å². The monoisotopic (exact) mass is 362 g/mol. The number of rotatable bonds is 5. The van der Waals surface area contributed by atoms with Crippen molar-refractivity contribution in [2.75, 3.05) is 12.4 Å². The second kappa shape index (κ2) is 7.77. The topological polar surface area (TPSA) is 103 Å². The summed E-state index contributed by atoms with van der Waals surface area (Å²) in [5, 5.41) is 12.9. The number of benzene rings is 1. The third kappa shape index (κ3) is 3.52. The van der Waals surface area contributed by atoms with Crippen LogP contribution in [0.2, 0.25) is 0 Å². The summed E-state index contributed by atoms with van der Waals surface area (Å²) in [5.74, 6) is -0.406. The lowest BCUT2D eigenvalue weighted by molar-refractivity contribution is -0.0541. The molecule has 1 fully saturated rings. The third-order valence-corrected chi connectivity index (χ3v) is 4.23. The molecule has 1 saturated heterocycles. The Morgan fingerprint density at radius 2 is 2.19 bits per heavy atom. The maximum atomic E-state index is 12.5. The summed E-state index contributed by atoms with van der Waals surface area (Å²) in [6.45, 7) is 1.76. The second-order valence-corrected chi connectivity index (χ2v) is 5.87. The van der Waals surface area contributed by atoms with Gasteiger partial charge in [-0.3, -0.25) is 9.36 Å². The summed E-state index contributed by atoms with van der Waals surface area (Å²) in [6.07, 6.45) is -2.68. The molecule has 0 aliphatic carbocycles. The molecule has 138 valence electrons. The highest BCUT2D eigenvalue weighted by Gasteiger charge is 2.44. The molecule has 1 aromatic carbocycles. The highest BCUT2D eigenvalue weighted by atomic mass is 16.6. The number of aliphatic hydroxyl groups excluding tert-OH is 1. The van der Waals surface area contributed by atoms with E-state index in [1.165, 1.54) is 12.3 Å². The van der Waals surface area contributed by atoms with Crippen LogP contribution in [0, 0.1) is 0 Å². The number of hydrogen-bond acceptors (Lipinski definition) is 6. The van der Waals surface area contributed by atoms with Crippen molar-refractivity contribution < 1.29 is 23.5 Å². The largest absolute Gasteiger partial charge is 0.388 e. The maximum absolute atomic E-state index is 12.5. The zero-order valence-electron chi connectivity index (χ0n) is 17.0. The first-order valence-electron chi connectivity index (χ1n) is 9.66. The standard InChI is InChI=1S/C18H21N3O5/c1-3-12-14(22)15(25-2)17(26-12)21-10-9-13(20-18(21)24)19-16(23)11-7-5-4-6-8-11/h4-10,12,14-15,17,22H,3H2,1-2H3,(H,19,20,23,24)/t12-,14-,15-,17-/m1/s1/i2D3. The van der Waals surface area contributed by atoms with E-state index in [1.54, 1.807) is 37.3 Å². The van der Waals surface area contributed by atoms with Gasteiger partial charge in [-0.2, -0.15) is 4.98 Å². The SMILES string of the molecule is [2H]C([2H])([2H])O[C@@H]1[C@H](O)[C@@H](CC)O[C@H]1n1ccc(NC(=O)c2ccccc2)nc1=O. The molecule has 1 aliphatic rings. The predicted octanol–water partition coefficient (Wildman–Crippen LogP) is 1.18. The lowest BCUT2D eigenvalue weighted by atomic mass is 10.1. The molecule has 0 radical (unpaired) electrons. The first kappa shape index (κ1) is 14.6. The van der Waals surface area contributed by atoms with E-state index in [1.807, 2.05) is 0 Å². The highest BCUT2D eigenvalue weighted by molar-refractivity contribution is 6.03. The molecule has 4 atom stereocenters. The third-order valence-electron chi connectivity index (χ3n) is 4.23. The maximum Gasteiger partial charge on any atom is 0.351 e. The number of anilines is 1. The fraction of sp³-hybridized carbons (Fsp3) is 0.389. The number of carbonyl (C=O) groups excluding carboxylic acids is 1. The zero-order valence-corrected chi connectivity index (χ0v) is 14.0. The van der Waals surface area contributed by atoms with Crippen molar-refractivity contribution in [1.82, 2.24) is 9.55 Å². The highest BCUT2D eigenvalue weighted by Crippen LogP contribution is 2.31. The smallest absolute Gasteiger partial charge is 0.351 e. The Kier molecular flexibility index (Phi) is 4.37. The van der Waals surface area contributed by atoms with Crippen LogP contribution in [-0.4, -0.2) is 45.9 Å². The van der Waals surface area contributed by atoms with Crippen LogP contribution in [0.4, 0.5) is 5.82 Å². The summed E-state index contributed by atoms with van der Waals surface area (Å²) < 4.78 is 33.6. The van der Waals surface area contributed by atoms with Gasteiger partial charge in [0.2, 0.25) is 0 Å². The molecule has 8 nitrogen and oxygen atoms in total. The molecule has 1 aliphatic heterocycles. The van der Waals surface area contributed by atoms with Gasteiger partial charge in [-0.05, 0) is 24.6 Å². The van der Waals surface area contributed by atoms with Gasteiger partial charge >= 0.3 is 5.69 Å². The van der Waals surface area contributed by atoms with Gasteiger partial charge in [0.25, 0.3) is 5.91 Å². The molecule has 1 amide bonds. The van der Waals surface area contributed by atoms with E-state index in [4.69, 9.17) is 13.6 Å². The minimum atomic E-state index is -2.78. The number of hydrogen-bond donors (Lipinski definition) is 2. The van der Waals surface area contributed by atoms with Crippen molar-refractivity contribution in [2.24, 2.45) is 0 Å². The van der Waals surface area contributed by atoms with Crippen LogP contribution in [0.15, 0.2) is 47.4 Å². The van der Waals surface area contributed by atoms with E-state index in [0.29, 0.717) is 12.0 Å². The van der Waals surface area contributed by atoms with Crippen molar-refractivity contribution in [2.45, 2.75) is 37.9 Å². The van der Waals surface area contributed by atoms with E-state index >= 15 is 0 Å². The molecule has 2 aromatic rings. The first-order chi connectivity index (χ1) is 13.7. The van der Waals surface area contributed by atoms with Crippen LogP contribution in [-0.2, 0) is 9.47 Å². The normalized spacial score (nSPS) is 27.4. The van der Waals surface area contributed by atoms with E-state index in [2.05, 4.69) is 10.3 Å². The van der Waals surface area contributed by atoms with Crippen LogP contribution in [0.3, 0.4) is 0 Å². The Morgan fingerprint density at radius 3 is 2.85 bits per heavy atom. The van der Waals surface area contributed by atoms with Gasteiger partial charge < -0.3 is 19.9 Å². The second-order valence-electron chi connectivity index (χ2n) is 5.87. The Bertz CT molecular complexity index is 919. The van der Waals surface area contributed by atoms with Crippen molar-refractivity contribution >= 4 is 11.7 Å². The Labute approximate surface area is 154 Å². The van der Waals surface area contributed by atoms with E-state index in [-0.39, 0.29) is 5.82 Å². The fourth-order valence-corrected chi connectivity index (χ4v) is 2.86. The number of carbonyl (C=O) groups is 1. The number of nitrogens with zero attached hydrogens (tertiary/aromatic N) is 2. The Balaban J connectivity index is 1.83. The number of aromatic nitrogens is 2. The van der Waals surface area contributed by atoms with Crippen LogP contribution < -0.4 is 11.0 Å². The number of nitrogens with one attached hydrogen (secondary N) is 1. The molecule has 0 bridgehead atoms. The van der Waals surface area contributed by atoms with Gasteiger partial charge in [0, 0.05) is 18.8 Å². The number of amides is 1. The minimum Gasteiger partial charge on any atom is -0.388 e. The molecule has 26 heavy (non-hydrogen) atoms. The van der Waals surface area contributed by atoms with Gasteiger partial charge in [0.05, 0.1) is 10.2 Å². The average Bonchev–Trinajstić information content (AvgIpc) is 2.97. The van der Waals surface area contributed by atoms with E-state index in [9.17, 15) is 14.7 Å². The molecule has 3 rings (SSSR count). The summed E-state index contributed by atoms with van der Waals surface area (Å²) >= 11 is 0. The number of aliphatic hydroxyl groups is 1. The average molecular weight is 362 g/mol. The molecular weight excluding hydrogens is 338 g/mol. The van der Waals surface area contributed by atoms with Gasteiger partial charge in [0.1, 0.15) is 18.0 Å². The van der Waals surface area contributed by atoms with Gasteiger partial charge in [-0.1, -0.05) is 25.1 Å². The van der Waals surface area contributed by atoms with Crippen molar-refractivity contribution in [3.05, 3.63) is 58.6 Å². The lowest BCUT2D eigenvalue weighted by Gasteiger charge is -2.20. The predicted molar refractivity (Wildman–Crippen MR) is 93.9 cm³/mol. The molecule has 8 heteroatoms. The molecular formula is C18H21N3O5. The van der Waals surface area contributed by atoms with Gasteiger partial charge in [-0.15, -0.1) is 0 Å². The summed E-state index contributed by atoms with van der Waals surface area (Å²) in [6, 6.07) is 9.80. The van der Waals surface area contributed by atoms with Gasteiger partial charge in [-0.25, -0.2) is 4.79 Å². The molecule has 2 N–H and O–H groups in total. The number of ether oxygens (including phenoxy) is 2. The Morgan fingerprint density at radius 1 is 1.42 bits per heavy atom. The fourth-order valence-electron chi connectivity index (χ4n) is 2.86. The molecule has 0 saturated carbocycles. The lowest BCUT2D eigenvalue weighted by Crippen LogP contribution is -2.37. The summed E-state index contributed by atoms with van der Waals surface area (Å²) in [5.41, 5.74) is -0.387. The number of methoxy groups -OCH3 is 1. The zero-order chi connectivity index (χ0) is 21.2. The van der Waals surface area contributed by atoms with Crippen molar-refractivity contribution in [3.8, 4) is 0 Å². The van der Waals surface area contributed by atoms with E-state index < -0.39 is 43.2 Å². The summed E-state index contributed by atoms with van der Waals surface area (Å²) in [7, 11) is -2.78.